The third kappa shape index (κ3) is 5.69. The van der Waals surface area contributed by atoms with Gasteiger partial charge in [0.1, 0.15) is 0 Å². The van der Waals surface area contributed by atoms with Gasteiger partial charge in [-0.25, -0.2) is 0 Å². The van der Waals surface area contributed by atoms with Gasteiger partial charge in [-0.15, -0.1) is 0 Å². The molecule has 0 saturated carbocycles. The number of rotatable bonds is 5. The maximum atomic E-state index is 2.38. The lowest BCUT2D eigenvalue weighted by Gasteiger charge is -2.15. The van der Waals surface area contributed by atoms with Gasteiger partial charge in [-0.05, 0) is 131 Å². The van der Waals surface area contributed by atoms with Crippen LogP contribution >= 0.6 is 0 Å². The number of benzene rings is 8. The molecule has 8 aromatic carbocycles. The number of hydrogen-bond donors (Lipinski definition) is 0. The second-order valence-corrected chi connectivity index (χ2v) is 13.8. The molecule has 0 spiro atoms. The van der Waals surface area contributed by atoms with E-state index >= 15 is 0 Å². The van der Waals surface area contributed by atoms with Crippen molar-refractivity contribution in [2.24, 2.45) is 0 Å². The van der Waals surface area contributed by atoms with E-state index in [9.17, 15) is 0 Å². The van der Waals surface area contributed by atoms with E-state index in [2.05, 4.69) is 196 Å². The molecule has 242 valence electrons. The Morgan fingerprint density at radius 1 is 0.353 bits per heavy atom. The summed E-state index contributed by atoms with van der Waals surface area (Å²) in [5.74, 6) is 0. The normalized spacial score (nSPS) is 12.3. The van der Waals surface area contributed by atoms with Gasteiger partial charge in [0, 0.05) is 0 Å². The van der Waals surface area contributed by atoms with Crippen molar-refractivity contribution in [2.75, 3.05) is 0 Å². The predicted molar refractivity (Wildman–Crippen MR) is 220 cm³/mol. The lowest BCUT2D eigenvalue weighted by atomic mass is 9.89. The van der Waals surface area contributed by atoms with Crippen LogP contribution in [0.4, 0.5) is 0 Å². The first-order valence-corrected chi connectivity index (χ1v) is 17.9. The van der Waals surface area contributed by atoms with Crippen LogP contribution in [-0.4, -0.2) is 0 Å². The third-order valence-corrected chi connectivity index (χ3v) is 10.5. The molecule has 0 amide bonds. The zero-order valence-corrected chi connectivity index (χ0v) is 29.0. The fraction of sp³-hybridized carbons (Fsp3) is 0.0588. The molecule has 0 saturated heterocycles. The van der Waals surface area contributed by atoms with Crippen molar-refractivity contribution in [3.63, 3.8) is 0 Å². The minimum atomic E-state index is 0.961. The summed E-state index contributed by atoms with van der Waals surface area (Å²) >= 11 is 0. The number of hydrogen-bond acceptors (Lipinski definition) is 0. The smallest absolute Gasteiger partial charge is 0.00928 e. The summed E-state index contributed by atoms with van der Waals surface area (Å²) in [6.45, 7) is 4.49. The highest BCUT2D eigenvalue weighted by Crippen LogP contribution is 2.36. The van der Waals surface area contributed by atoms with Crippen LogP contribution in [-0.2, 0) is 0 Å². The summed E-state index contributed by atoms with van der Waals surface area (Å²) in [6.07, 6.45) is 10.0. The minimum absolute atomic E-state index is 0.961. The highest BCUT2D eigenvalue weighted by molar-refractivity contribution is 6.09. The van der Waals surface area contributed by atoms with Crippen molar-refractivity contribution < 1.29 is 0 Å². The molecule has 0 aromatic heterocycles. The molecule has 1 aliphatic rings. The SMILES string of the molecule is Cc1cc(-c2cccc(-c3ccc(-c4ccccc4)cc3)c2)cc(C)c1-c1ccc(-c2ccc3c4c(c5ccccc5c3c2)=CCC=CC=4)cc1. The highest BCUT2D eigenvalue weighted by atomic mass is 14.2. The van der Waals surface area contributed by atoms with E-state index in [4.69, 9.17) is 0 Å². The predicted octanol–water partition coefficient (Wildman–Crippen LogP) is 12.5. The van der Waals surface area contributed by atoms with Gasteiger partial charge in [-0.1, -0.05) is 170 Å². The van der Waals surface area contributed by atoms with E-state index in [0.717, 1.165) is 6.42 Å². The first-order chi connectivity index (χ1) is 25.1. The van der Waals surface area contributed by atoms with Crippen molar-refractivity contribution in [3.05, 3.63) is 191 Å². The summed E-state index contributed by atoms with van der Waals surface area (Å²) < 4.78 is 0. The zero-order valence-electron chi connectivity index (χ0n) is 29.0. The summed E-state index contributed by atoms with van der Waals surface area (Å²) in [6, 6.07) is 58.0. The largest absolute Gasteiger partial charge is 0.0807 e. The van der Waals surface area contributed by atoms with E-state index < -0.39 is 0 Å². The Morgan fingerprint density at radius 3 is 1.57 bits per heavy atom. The van der Waals surface area contributed by atoms with Crippen LogP contribution in [0, 0.1) is 13.8 Å². The molecular weight excluding hydrogens is 613 g/mol. The molecule has 0 atom stereocenters. The Morgan fingerprint density at radius 2 is 0.863 bits per heavy atom. The van der Waals surface area contributed by atoms with Crippen LogP contribution in [0.1, 0.15) is 17.5 Å². The first kappa shape index (κ1) is 30.8. The Labute approximate surface area is 300 Å². The van der Waals surface area contributed by atoms with Crippen molar-refractivity contribution in [3.8, 4) is 55.6 Å². The Balaban J connectivity index is 1.02. The van der Waals surface area contributed by atoms with Gasteiger partial charge in [-0.2, -0.15) is 0 Å². The number of allylic oxidation sites excluding steroid dienone is 2. The van der Waals surface area contributed by atoms with Gasteiger partial charge in [0.2, 0.25) is 0 Å². The first-order valence-electron chi connectivity index (χ1n) is 17.9. The van der Waals surface area contributed by atoms with Crippen LogP contribution in [0.15, 0.2) is 170 Å². The van der Waals surface area contributed by atoms with Crippen molar-refractivity contribution in [1.82, 2.24) is 0 Å². The molecule has 9 rings (SSSR count). The van der Waals surface area contributed by atoms with Crippen molar-refractivity contribution in [2.45, 2.75) is 20.3 Å². The second kappa shape index (κ2) is 12.9. The van der Waals surface area contributed by atoms with Crippen LogP contribution < -0.4 is 10.4 Å². The topological polar surface area (TPSA) is 0 Å². The Kier molecular flexibility index (Phi) is 7.79. The van der Waals surface area contributed by atoms with E-state index in [1.165, 1.54) is 98.7 Å². The van der Waals surface area contributed by atoms with Gasteiger partial charge >= 0.3 is 0 Å². The van der Waals surface area contributed by atoms with Crippen LogP contribution in [0.2, 0.25) is 0 Å². The number of fused-ring (bicyclic) bond motifs is 6. The molecule has 1 aliphatic carbocycles. The van der Waals surface area contributed by atoms with Gasteiger partial charge in [0.15, 0.2) is 0 Å². The monoisotopic (exact) mass is 650 g/mol. The van der Waals surface area contributed by atoms with Gasteiger partial charge in [0.05, 0.1) is 0 Å². The van der Waals surface area contributed by atoms with Crippen molar-refractivity contribution >= 4 is 33.7 Å². The quantitative estimate of drug-likeness (QED) is 0.163. The van der Waals surface area contributed by atoms with Crippen molar-refractivity contribution in [1.29, 1.82) is 0 Å². The fourth-order valence-electron chi connectivity index (χ4n) is 8.03. The molecule has 0 heteroatoms. The fourth-order valence-corrected chi connectivity index (χ4v) is 8.03. The second-order valence-electron chi connectivity index (χ2n) is 13.8. The summed E-state index contributed by atoms with van der Waals surface area (Å²) in [4.78, 5) is 0. The summed E-state index contributed by atoms with van der Waals surface area (Å²) in [5.41, 5.74) is 15.0. The zero-order chi connectivity index (χ0) is 34.3. The molecule has 0 fully saturated rings. The van der Waals surface area contributed by atoms with Crippen LogP contribution in [0.25, 0.3) is 89.3 Å². The van der Waals surface area contributed by atoms with E-state index in [1.54, 1.807) is 0 Å². The maximum Gasteiger partial charge on any atom is -0.00928 e. The van der Waals surface area contributed by atoms with Gasteiger partial charge in [-0.3, -0.25) is 0 Å². The Bertz CT molecular complexity index is 2720. The third-order valence-electron chi connectivity index (χ3n) is 10.5. The average Bonchev–Trinajstić information content (AvgIpc) is 3.45. The van der Waals surface area contributed by atoms with Gasteiger partial charge < -0.3 is 0 Å². The molecule has 0 heterocycles. The molecule has 0 nitrogen and oxygen atoms in total. The average molecular weight is 651 g/mol. The molecule has 0 N–H and O–H groups in total. The molecular formula is C51H38. The van der Waals surface area contributed by atoms with E-state index in [1.807, 2.05) is 0 Å². The molecule has 0 unspecified atom stereocenters. The van der Waals surface area contributed by atoms with Gasteiger partial charge in [0.25, 0.3) is 0 Å². The van der Waals surface area contributed by atoms with E-state index in [0.29, 0.717) is 0 Å². The minimum Gasteiger partial charge on any atom is -0.0807 e. The molecule has 0 bridgehead atoms. The maximum absolute atomic E-state index is 2.38. The lowest BCUT2D eigenvalue weighted by Crippen LogP contribution is -2.26. The molecule has 0 radical (unpaired) electrons. The highest BCUT2D eigenvalue weighted by Gasteiger charge is 2.12. The summed E-state index contributed by atoms with van der Waals surface area (Å²) in [7, 11) is 0. The molecule has 0 aliphatic heterocycles. The van der Waals surface area contributed by atoms with Crippen LogP contribution in [0.5, 0.6) is 0 Å². The molecule has 8 aromatic rings. The van der Waals surface area contributed by atoms with E-state index in [-0.39, 0.29) is 0 Å². The number of aryl methyl sites for hydroxylation is 2. The summed E-state index contributed by atoms with van der Waals surface area (Å²) in [5, 5.41) is 7.92. The lowest BCUT2D eigenvalue weighted by molar-refractivity contribution is 1.37. The molecule has 51 heavy (non-hydrogen) atoms. The standard InChI is InChI=1S/C51H38/c1-34-30-44(42-15-11-14-41(32-42)38-22-20-37(21-23-38)36-12-5-3-6-13-36)31-35(2)51(34)40-26-24-39(25-27-40)43-28-29-49-47-17-8-4-7-16-45(47)46-18-9-10-19-48(46)50(49)33-43/h3-6,8-33H,7H2,1-2H3. The van der Waals surface area contributed by atoms with Crippen LogP contribution in [0.3, 0.4) is 0 Å². The Hall–Kier alpha value is -6.24.